The van der Waals surface area contributed by atoms with E-state index in [0.29, 0.717) is 11.6 Å². The van der Waals surface area contributed by atoms with Crippen molar-refractivity contribution in [3.63, 3.8) is 0 Å². The zero-order valence-corrected chi connectivity index (χ0v) is 15.0. The van der Waals surface area contributed by atoms with Crippen LogP contribution in [0.4, 0.5) is 8.78 Å². The molecule has 2 aromatic heterocycles. The van der Waals surface area contributed by atoms with Gasteiger partial charge in [-0.15, -0.1) is 0 Å². The monoisotopic (exact) mass is 376 g/mol. The van der Waals surface area contributed by atoms with Crippen LogP contribution < -0.4 is 5.32 Å². The highest BCUT2D eigenvalue weighted by Crippen LogP contribution is 2.55. The van der Waals surface area contributed by atoms with E-state index in [4.69, 9.17) is 0 Å². The maximum absolute atomic E-state index is 13.3. The van der Waals surface area contributed by atoms with Crippen LogP contribution in [0.1, 0.15) is 60.3 Å². The first-order chi connectivity index (χ1) is 12.8. The number of aromatic nitrogens is 3. The van der Waals surface area contributed by atoms with Crippen molar-refractivity contribution in [1.29, 1.82) is 0 Å². The lowest BCUT2D eigenvalue weighted by Gasteiger charge is -2.58. The molecule has 6 rings (SSSR count). The molecule has 2 heterocycles. The van der Waals surface area contributed by atoms with Gasteiger partial charge in [-0.1, -0.05) is 0 Å². The highest BCUT2D eigenvalue weighted by Gasteiger charge is 2.55. The largest absolute Gasteiger partial charge is 0.390 e. The number of nitrogens with one attached hydrogen (secondary N) is 1. The number of hydrogen-bond acceptors (Lipinski definition) is 4. The zero-order valence-electron chi connectivity index (χ0n) is 15.0. The van der Waals surface area contributed by atoms with E-state index >= 15 is 0 Å². The second-order valence-corrected chi connectivity index (χ2v) is 8.61. The van der Waals surface area contributed by atoms with E-state index in [0.717, 1.165) is 36.6 Å². The first-order valence-corrected chi connectivity index (χ1v) is 9.50. The van der Waals surface area contributed by atoms with Crippen LogP contribution in [-0.4, -0.2) is 37.3 Å². The first-order valence-electron chi connectivity index (χ1n) is 9.50. The van der Waals surface area contributed by atoms with Crippen LogP contribution in [0, 0.1) is 24.7 Å². The molecule has 4 aliphatic carbocycles. The Labute approximate surface area is 155 Å². The molecule has 2 atom stereocenters. The third-order valence-electron chi connectivity index (χ3n) is 6.63. The minimum absolute atomic E-state index is 0.0173. The lowest BCUT2D eigenvalue weighted by atomic mass is 9.52. The van der Waals surface area contributed by atoms with Crippen LogP contribution in [0.2, 0.25) is 0 Å². The molecule has 2 aromatic rings. The number of aryl methyl sites for hydroxylation is 1. The molecule has 1 amide bonds. The van der Waals surface area contributed by atoms with Crippen molar-refractivity contribution in [3.8, 4) is 0 Å². The Morgan fingerprint density at radius 1 is 1.33 bits per heavy atom. The highest BCUT2D eigenvalue weighted by atomic mass is 19.3. The van der Waals surface area contributed by atoms with Crippen LogP contribution in [0.5, 0.6) is 0 Å². The lowest BCUT2D eigenvalue weighted by molar-refractivity contribution is -0.136. The molecule has 4 saturated carbocycles. The summed E-state index contributed by atoms with van der Waals surface area (Å²) in [7, 11) is 0. The van der Waals surface area contributed by atoms with Crippen LogP contribution in [0.3, 0.4) is 0 Å². The molecular weight excluding hydrogens is 354 g/mol. The lowest BCUT2D eigenvalue weighted by Crippen LogP contribution is -2.61. The normalized spacial score (nSPS) is 34.6. The number of carbonyl (C=O) groups excluding carboxylic acids is 1. The Bertz CT molecular complexity index is 912. The predicted molar refractivity (Wildman–Crippen MR) is 92.4 cm³/mol. The molecule has 4 aliphatic rings. The number of hydrogen-bond donors (Lipinski definition) is 2. The molecule has 2 unspecified atom stereocenters. The predicted octanol–water partition coefficient (Wildman–Crippen LogP) is 2.64. The van der Waals surface area contributed by atoms with Gasteiger partial charge >= 0.3 is 0 Å². The Morgan fingerprint density at radius 3 is 2.67 bits per heavy atom. The van der Waals surface area contributed by atoms with Crippen molar-refractivity contribution in [1.82, 2.24) is 19.9 Å². The summed E-state index contributed by atoms with van der Waals surface area (Å²) in [5, 5.41) is 17.8. The van der Waals surface area contributed by atoms with E-state index in [2.05, 4.69) is 15.4 Å². The van der Waals surface area contributed by atoms with Gasteiger partial charge in [0.15, 0.2) is 5.65 Å². The third kappa shape index (κ3) is 2.64. The summed E-state index contributed by atoms with van der Waals surface area (Å²) in [4.78, 5) is 17.2. The van der Waals surface area contributed by atoms with Gasteiger partial charge in [-0.2, -0.15) is 5.10 Å². The second kappa shape index (κ2) is 5.70. The molecule has 0 radical (unpaired) electrons. The summed E-state index contributed by atoms with van der Waals surface area (Å²) in [5.74, 6) is 0.778. The molecule has 0 spiro atoms. The van der Waals surface area contributed by atoms with Gasteiger partial charge in [0.05, 0.1) is 11.8 Å². The first kappa shape index (κ1) is 17.0. The Hall–Kier alpha value is -2.09. The number of aliphatic hydroxyl groups is 1. The summed E-state index contributed by atoms with van der Waals surface area (Å²) in [6.45, 7) is 1.62. The van der Waals surface area contributed by atoms with Crippen molar-refractivity contribution >= 4 is 11.6 Å². The fourth-order valence-corrected chi connectivity index (χ4v) is 5.87. The van der Waals surface area contributed by atoms with Crippen LogP contribution >= 0.6 is 0 Å². The highest BCUT2D eigenvalue weighted by molar-refractivity contribution is 5.99. The standard InChI is InChI=1S/C19H22F2N4O2/c1-9-2-14(16(20)21)25-17(23-9)13(8-22-25)18(26)24-15-11-3-10-4-12(15)7-19(27,5-10)6-11/h2,8,10-12,15-16,27H,3-7H2,1H3,(H,24,26). The van der Waals surface area contributed by atoms with Crippen LogP contribution in [-0.2, 0) is 0 Å². The minimum Gasteiger partial charge on any atom is -0.390 e. The number of nitrogens with zero attached hydrogens (tertiary/aromatic N) is 3. The molecule has 27 heavy (non-hydrogen) atoms. The van der Waals surface area contributed by atoms with E-state index < -0.39 is 12.0 Å². The fraction of sp³-hybridized carbons (Fsp3) is 0.632. The molecule has 0 aliphatic heterocycles. The van der Waals surface area contributed by atoms with E-state index in [1.807, 2.05) is 0 Å². The topological polar surface area (TPSA) is 79.5 Å². The molecule has 0 saturated heterocycles. The summed E-state index contributed by atoms with van der Waals surface area (Å²) in [6.07, 6.45) is 3.02. The number of alkyl halides is 2. The maximum atomic E-state index is 13.3. The van der Waals surface area contributed by atoms with Crippen molar-refractivity contribution in [2.24, 2.45) is 17.8 Å². The number of fused-ring (bicyclic) bond motifs is 1. The third-order valence-corrected chi connectivity index (χ3v) is 6.63. The molecule has 6 nitrogen and oxygen atoms in total. The Kier molecular flexibility index (Phi) is 3.60. The van der Waals surface area contributed by atoms with Gasteiger partial charge in [0.1, 0.15) is 11.3 Å². The second-order valence-electron chi connectivity index (χ2n) is 8.61. The van der Waals surface area contributed by atoms with E-state index in [-0.39, 0.29) is 40.7 Å². The van der Waals surface area contributed by atoms with Crippen LogP contribution in [0.15, 0.2) is 12.3 Å². The average molecular weight is 376 g/mol. The van der Waals surface area contributed by atoms with Gasteiger partial charge < -0.3 is 10.4 Å². The summed E-state index contributed by atoms with van der Waals surface area (Å²) in [5.41, 5.74) is -0.0385. The summed E-state index contributed by atoms with van der Waals surface area (Å²) in [6, 6.07) is 1.30. The number of rotatable bonds is 3. The molecule has 4 fully saturated rings. The van der Waals surface area contributed by atoms with Gasteiger partial charge in [0, 0.05) is 11.7 Å². The number of carbonyl (C=O) groups is 1. The average Bonchev–Trinajstić information content (AvgIpc) is 2.99. The van der Waals surface area contributed by atoms with Gasteiger partial charge in [0.25, 0.3) is 12.3 Å². The van der Waals surface area contributed by atoms with Crippen LogP contribution in [0.25, 0.3) is 5.65 Å². The minimum atomic E-state index is -2.70. The fourth-order valence-electron chi connectivity index (χ4n) is 5.87. The molecular formula is C19H22F2N4O2. The van der Waals surface area contributed by atoms with Gasteiger partial charge in [0.2, 0.25) is 0 Å². The summed E-state index contributed by atoms with van der Waals surface area (Å²) >= 11 is 0. The smallest absolute Gasteiger partial charge is 0.280 e. The van der Waals surface area contributed by atoms with Crippen molar-refractivity contribution in [2.75, 3.05) is 0 Å². The van der Waals surface area contributed by atoms with Gasteiger partial charge in [-0.3, -0.25) is 4.79 Å². The zero-order chi connectivity index (χ0) is 18.9. The summed E-state index contributed by atoms with van der Waals surface area (Å²) < 4.78 is 27.6. The molecule has 8 heteroatoms. The van der Waals surface area contributed by atoms with Crippen molar-refractivity contribution in [2.45, 2.75) is 57.1 Å². The van der Waals surface area contributed by atoms with Crippen molar-refractivity contribution < 1.29 is 18.7 Å². The molecule has 4 bridgehead atoms. The Morgan fingerprint density at radius 2 is 2.04 bits per heavy atom. The maximum Gasteiger partial charge on any atom is 0.280 e. The van der Waals surface area contributed by atoms with E-state index in [1.165, 1.54) is 12.3 Å². The molecule has 2 N–H and O–H groups in total. The molecule has 144 valence electrons. The number of halogens is 2. The SMILES string of the molecule is Cc1cc(C(F)F)n2ncc(C(=O)NC3C4CC5CC3CC(O)(C5)C4)c2n1. The number of amides is 1. The van der Waals surface area contributed by atoms with E-state index in [1.54, 1.807) is 6.92 Å². The van der Waals surface area contributed by atoms with E-state index in [9.17, 15) is 18.7 Å². The quantitative estimate of drug-likeness (QED) is 0.863. The molecule has 0 aromatic carbocycles. The van der Waals surface area contributed by atoms with Crippen molar-refractivity contribution in [3.05, 3.63) is 29.2 Å². The van der Waals surface area contributed by atoms with Gasteiger partial charge in [-0.05, 0) is 62.8 Å². The van der Waals surface area contributed by atoms with Gasteiger partial charge in [-0.25, -0.2) is 18.3 Å². The Balaban J connectivity index is 1.44.